The minimum Gasteiger partial charge on any atom is -0.462 e. The maximum Gasteiger partial charge on any atom is 0.338 e. The van der Waals surface area contributed by atoms with Gasteiger partial charge < -0.3 is 10.1 Å². The summed E-state index contributed by atoms with van der Waals surface area (Å²) in [5.74, 6) is -0.670. The largest absolute Gasteiger partial charge is 0.462 e. The highest BCUT2D eigenvalue weighted by Crippen LogP contribution is 2.18. The number of amides is 1. The average Bonchev–Trinajstić information content (AvgIpc) is 2.69. The van der Waals surface area contributed by atoms with Crippen LogP contribution in [0.3, 0.4) is 0 Å². The van der Waals surface area contributed by atoms with Gasteiger partial charge in [0.15, 0.2) is 0 Å². The highest BCUT2D eigenvalue weighted by Gasteiger charge is 2.15. The summed E-state index contributed by atoms with van der Waals surface area (Å²) >= 11 is 0. The molecule has 0 saturated carbocycles. The lowest BCUT2D eigenvalue weighted by atomic mass is 10.1. The second-order valence-corrected chi connectivity index (χ2v) is 8.31. The van der Waals surface area contributed by atoms with Crippen LogP contribution in [-0.4, -0.2) is 33.4 Å². The minimum atomic E-state index is -3.72. The molecule has 2 rings (SSSR count). The Morgan fingerprint density at radius 3 is 2.38 bits per heavy atom. The van der Waals surface area contributed by atoms with Crippen LogP contribution in [0.25, 0.3) is 0 Å². The van der Waals surface area contributed by atoms with Gasteiger partial charge in [0.05, 0.1) is 17.1 Å². The predicted octanol–water partition coefficient (Wildman–Crippen LogP) is 3.18. The van der Waals surface area contributed by atoms with Crippen molar-refractivity contribution in [1.29, 1.82) is 0 Å². The molecule has 0 spiro atoms. The Labute approximate surface area is 171 Å². The zero-order chi connectivity index (χ0) is 21.4. The zero-order valence-electron chi connectivity index (χ0n) is 16.8. The van der Waals surface area contributed by atoms with Crippen LogP contribution in [0, 0.1) is 13.8 Å². The van der Waals surface area contributed by atoms with Gasteiger partial charge in [-0.3, -0.25) is 4.79 Å². The summed E-state index contributed by atoms with van der Waals surface area (Å²) in [5.41, 5.74) is 3.14. The molecule has 0 saturated heterocycles. The molecular weight excluding hydrogens is 392 g/mol. The van der Waals surface area contributed by atoms with E-state index in [1.54, 1.807) is 6.92 Å². The van der Waals surface area contributed by atoms with E-state index in [0.717, 1.165) is 16.8 Å². The molecule has 0 radical (unpaired) electrons. The Bertz CT molecular complexity index is 969. The van der Waals surface area contributed by atoms with Crippen LogP contribution in [0.1, 0.15) is 41.3 Å². The summed E-state index contributed by atoms with van der Waals surface area (Å²) in [6.07, 6.45) is 0.550. The third-order valence-corrected chi connectivity index (χ3v) is 5.90. The summed E-state index contributed by atoms with van der Waals surface area (Å²) in [6.45, 7) is 5.98. The van der Waals surface area contributed by atoms with Crippen molar-refractivity contribution in [3.8, 4) is 0 Å². The standard InChI is InChI=1S/C21H26N2O5S/c1-4-28-21(25)17-10-12-18(13-11-17)29(26,27)22-14-6-9-20(24)23-19-8-5-7-15(2)16(19)3/h5,7-8,10-13,22H,4,6,9,14H2,1-3H3,(H,23,24). The summed E-state index contributed by atoms with van der Waals surface area (Å²) in [7, 11) is -3.72. The first-order valence-corrected chi connectivity index (χ1v) is 10.9. The van der Waals surface area contributed by atoms with Crippen LogP contribution < -0.4 is 10.0 Å². The van der Waals surface area contributed by atoms with Crippen LogP contribution in [-0.2, 0) is 19.6 Å². The number of rotatable bonds is 9. The molecule has 0 atom stereocenters. The van der Waals surface area contributed by atoms with E-state index in [1.807, 2.05) is 32.0 Å². The van der Waals surface area contributed by atoms with Crippen molar-refractivity contribution in [2.45, 2.75) is 38.5 Å². The summed E-state index contributed by atoms with van der Waals surface area (Å²) in [5, 5.41) is 2.85. The Morgan fingerprint density at radius 2 is 1.72 bits per heavy atom. The van der Waals surface area contributed by atoms with E-state index in [-0.39, 0.29) is 35.9 Å². The van der Waals surface area contributed by atoms with Crippen molar-refractivity contribution >= 4 is 27.6 Å². The Balaban J connectivity index is 1.83. The van der Waals surface area contributed by atoms with Gasteiger partial charge in [0, 0.05) is 18.7 Å². The summed E-state index contributed by atoms with van der Waals surface area (Å²) < 4.78 is 32.0. The topological polar surface area (TPSA) is 102 Å². The molecule has 1 amide bonds. The van der Waals surface area contributed by atoms with Gasteiger partial charge >= 0.3 is 5.97 Å². The van der Waals surface area contributed by atoms with Crippen molar-refractivity contribution < 1.29 is 22.7 Å². The monoisotopic (exact) mass is 418 g/mol. The number of hydrogen-bond donors (Lipinski definition) is 2. The van der Waals surface area contributed by atoms with Crippen LogP contribution >= 0.6 is 0 Å². The number of sulfonamides is 1. The van der Waals surface area contributed by atoms with E-state index < -0.39 is 16.0 Å². The normalized spacial score (nSPS) is 11.1. The molecule has 0 bridgehead atoms. The highest BCUT2D eigenvalue weighted by molar-refractivity contribution is 7.89. The number of anilines is 1. The quantitative estimate of drug-likeness (QED) is 0.481. The molecule has 0 unspecified atom stereocenters. The third-order valence-electron chi connectivity index (χ3n) is 4.43. The van der Waals surface area contributed by atoms with Crippen LogP contribution in [0.2, 0.25) is 0 Å². The first kappa shape index (κ1) is 22.6. The molecule has 0 aromatic heterocycles. The lowest BCUT2D eigenvalue weighted by Crippen LogP contribution is -2.26. The molecule has 0 aliphatic rings. The molecule has 2 aromatic carbocycles. The first-order chi connectivity index (χ1) is 13.7. The molecule has 0 aliphatic carbocycles. The number of hydrogen-bond acceptors (Lipinski definition) is 5. The third kappa shape index (κ3) is 6.40. The Hall–Kier alpha value is -2.71. The fourth-order valence-corrected chi connectivity index (χ4v) is 3.70. The van der Waals surface area contributed by atoms with E-state index >= 15 is 0 Å². The average molecular weight is 419 g/mol. The van der Waals surface area contributed by atoms with Crippen molar-refractivity contribution in [1.82, 2.24) is 4.72 Å². The van der Waals surface area contributed by atoms with Gasteiger partial charge in [-0.05, 0) is 68.7 Å². The second-order valence-electron chi connectivity index (χ2n) is 6.54. The molecule has 0 fully saturated rings. The van der Waals surface area contributed by atoms with Crippen molar-refractivity contribution in [2.24, 2.45) is 0 Å². The zero-order valence-corrected chi connectivity index (χ0v) is 17.6. The number of carbonyl (C=O) groups excluding carboxylic acids is 2. The molecule has 7 nitrogen and oxygen atoms in total. The molecule has 29 heavy (non-hydrogen) atoms. The number of aryl methyl sites for hydroxylation is 1. The number of carbonyl (C=O) groups is 2. The molecule has 0 heterocycles. The van der Waals surface area contributed by atoms with Gasteiger partial charge in [-0.25, -0.2) is 17.9 Å². The minimum absolute atomic E-state index is 0.0467. The van der Waals surface area contributed by atoms with Gasteiger partial charge in [-0.2, -0.15) is 0 Å². The predicted molar refractivity (Wildman–Crippen MR) is 111 cm³/mol. The molecule has 156 valence electrons. The van der Waals surface area contributed by atoms with E-state index in [0.29, 0.717) is 6.42 Å². The van der Waals surface area contributed by atoms with Crippen molar-refractivity contribution in [2.75, 3.05) is 18.5 Å². The lowest BCUT2D eigenvalue weighted by molar-refractivity contribution is -0.116. The van der Waals surface area contributed by atoms with E-state index in [1.165, 1.54) is 24.3 Å². The first-order valence-electron chi connectivity index (χ1n) is 9.37. The molecular formula is C21H26N2O5S. The van der Waals surface area contributed by atoms with Crippen molar-refractivity contribution in [3.05, 3.63) is 59.2 Å². The fraction of sp³-hybridized carbons (Fsp3) is 0.333. The lowest BCUT2D eigenvalue weighted by Gasteiger charge is -2.11. The Kier molecular flexibility index (Phi) is 7.92. The highest BCUT2D eigenvalue weighted by atomic mass is 32.2. The SMILES string of the molecule is CCOC(=O)c1ccc(S(=O)(=O)NCCCC(=O)Nc2cccc(C)c2C)cc1. The molecule has 2 aromatic rings. The number of benzene rings is 2. The van der Waals surface area contributed by atoms with Gasteiger partial charge in [0.2, 0.25) is 15.9 Å². The van der Waals surface area contributed by atoms with E-state index in [2.05, 4.69) is 10.0 Å². The van der Waals surface area contributed by atoms with Gasteiger partial charge in [-0.1, -0.05) is 12.1 Å². The molecule has 2 N–H and O–H groups in total. The van der Waals surface area contributed by atoms with E-state index in [9.17, 15) is 18.0 Å². The number of ether oxygens (including phenoxy) is 1. The maximum atomic E-state index is 12.3. The van der Waals surface area contributed by atoms with Crippen LogP contribution in [0.15, 0.2) is 47.4 Å². The smallest absolute Gasteiger partial charge is 0.338 e. The van der Waals surface area contributed by atoms with Crippen LogP contribution in [0.5, 0.6) is 0 Å². The number of esters is 1. The fourth-order valence-electron chi connectivity index (χ4n) is 2.62. The maximum absolute atomic E-state index is 12.3. The van der Waals surface area contributed by atoms with Gasteiger partial charge in [0.1, 0.15) is 0 Å². The summed E-state index contributed by atoms with van der Waals surface area (Å²) in [4.78, 5) is 23.8. The Morgan fingerprint density at radius 1 is 1.03 bits per heavy atom. The van der Waals surface area contributed by atoms with Gasteiger partial charge in [0.25, 0.3) is 0 Å². The van der Waals surface area contributed by atoms with Crippen LogP contribution in [0.4, 0.5) is 5.69 Å². The van der Waals surface area contributed by atoms with E-state index in [4.69, 9.17) is 4.74 Å². The molecule has 8 heteroatoms. The molecule has 0 aliphatic heterocycles. The van der Waals surface area contributed by atoms with Gasteiger partial charge in [-0.15, -0.1) is 0 Å². The van der Waals surface area contributed by atoms with Crippen molar-refractivity contribution in [3.63, 3.8) is 0 Å². The summed E-state index contributed by atoms with van der Waals surface area (Å²) in [6, 6.07) is 11.2. The number of nitrogens with one attached hydrogen (secondary N) is 2. The second kappa shape index (κ2) is 10.2.